The number of nitrogens with one attached hydrogen (secondary N) is 1. The third-order valence-corrected chi connectivity index (χ3v) is 3.12. The molecule has 20 heavy (non-hydrogen) atoms. The number of benzene rings is 2. The summed E-state index contributed by atoms with van der Waals surface area (Å²) in [5.41, 5.74) is 6.99. The molecule has 0 unspecified atom stereocenters. The van der Waals surface area contributed by atoms with Gasteiger partial charge >= 0.3 is 0 Å². The van der Waals surface area contributed by atoms with E-state index in [1.165, 1.54) is 0 Å². The average molecular weight is 272 g/mol. The van der Waals surface area contributed by atoms with Crippen LogP contribution in [0.5, 0.6) is 0 Å². The molecule has 106 valence electrons. The van der Waals surface area contributed by atoms with Gasteiger partial charge in [0.1, 0.15) is 0 Å². The number of anilines is 1. The first-order chi connectivity index (χ1) is 9.72. The smallest absolute Gasteiger partial charge is 0.253 e. The van der Waals surface area contributed by atoms with Crippen LogP contribution < -0.4 is 11.1 Å². The predicted octanol–water partition coefficient (Wildman–Crippen LogP) is 2.58. The minimum Gasteiger partial charge on any atom is -0.398 e. The van der Waals surface area contributed by atoms with Crippen molar-refractivity contribution in [1.29, 1.82) is 0 Å². The number of fused-ring (bicyclic) bond motifs is 1. The third-order valence-electron chi connectivity index (χ3n) is 3.12. The molecule has 0 spiro atoms. The van der Waals surface area contributed by atoms with Gasteiger partial charge in [0, 0.05) is 25.4 Å². The van der Waals surface area contributed by atoms with Gasteiger partial charge in [-0.25, -0.2) is 0 Å². The molecule has 0 radical (unpaired) electrons. The number of ether oxygens (including phenoxy) is 1. The Morgan fingerprint density at radius 3 is 2.65 bits per heavy atom. The Kier molecular flexibility index (Phi) is 4.96. The number of hydrogen-bond donors (Lipinski definition) is 2. The summed E-state index contributed by atoms with van der Waals surface area (Å²) in [5, 5.41) is 4.92. The molecule has 2 aromatic carbocycles. The SMILES string of the molecule is CCOCCCNC(=O)c1cc2ccccc2cc1N. The lowest BCUT2D eigenvalue weighted by Crippen LogP contribution is -2.26. The average Bonchev–Trinajstić information content (AvgIpc) is 2.46. The van der Waals surface area contributed by atoms with Crippen molar-refractivity contribution in [2.45, 2.75) is 13.3 Å². The van der Waals surface area contributed by atoms with Crippen LogP contribution in [0.25, 0.3) is 10.8 Å². The lowest BCUT2D eigenvalue weighted by molar-refractivity contribution is 0.0945. The van der Waals surface area contributed by atoms with Gasteiger partial charge in [0.15, 0.2) is 0 Å². The molecule has 4 heteroatoms. The predicted molar refractivity (Wildman–Crippen MR) is 81.8 cm³/mol. The maximum atomic E-state index is 12.1. The molecular formula is C16H20N2O2. The number of hydrogen-bond acceptors (Lipinski definition) is 3. The quantitative estimate of drug-likeness (QED) is 0.627. The summed E-state index contributed by atoms with van der Waals surface area (Å²) < 4.78 is 5.23. The minimum absolute atomic E-state index is 0.134. The highest BCUT2D eigenvalue weighted by Gasteiger charge is 2.10. The fourth-order valence-corrected chi connectivity index (χ4v) is 2.07. The van der Waals surface area contributed by atoms with Crippen molar-refractivity contribution >= 4 is 22.4 Å². The molecule has 2 aromatic rings. The fourth-order valence-electron chi connectivity index (χ4n) is 2.07. The summed E-state index contributed by atoms with van der Waals surface area (Å²) in [7, 11) is 0. The van der Waals surface area contributed by atoms with Crippen LogP contribution >= 0.6 is 0 Å². The van der Waals surface area contributed by atoms with Gasteiger partial charge in [-0.15, -0.1) is 0 Å². The van der Waals surface area contributed by atoms with Gasteiger partial charge in [-0.05, 0) is 36.2 Å². The van der Waals surface area contributed by atoms with E-state index in [1.54, 1.807) is 0 Å². The Labute approximate surface area is 118 Å². The van der Waals surface area contributed by atoms with E-state index in [0.717, 1.165) is 17.2 Å². The van der Waals surface area contributed by atoms with Gasteiger partial charge in [-0.2, -0.15) is 0 Å². The Morgan fingerprint density at radius 2 is 1.95 bits per heavy atom. The second kappa shape index (κ2) is 6.91. The molecule has 0 fully saturated rings. The molecule has 0 aliphatic heterocycles. The monoisotopic (exact) mass is 272 g/mol. The lowest BCUT2D eigenvalue weighted by atomic mass is 10.0. The zero-order valence-corrected chi connectivity index (χ0v) is 11.7. The molecule has 3 N–H and O–H groups in total. The van der Waals surface area contributed by atoms with Crippen LogP contribution in [0.3, 0.4) is 0 Å². The van der Waals surface area contributed by atoms with Crippen LogP contribution in [-0.2, 0) is 4.74 Å². The summed E-state index contributed by atoms with van der Waals surface area (Å²) in [4.78, 5) is 12.1. The molecule has 4 nitrogen and oxygen atoms in total. The summed E-state index contributed by atoms with van der Waals surface area (Å²) in [6.07, 6.45) is 0.799. The molecular weight excluding hydrogens is 252 g/mol. The zero-order valence-electron chi connectivity index (χ0n) is 11.7. The van der Waals surface area contributed by atoms with Crippen LogP contribution in [0.2, 0.25) is 0 Å². The highest BCUT2D eigenvalue weighted by molar-refractivity contribution is 6.03. The number of rotatable bonds is 6. The summed E-state index contributed by atoms with van der Waals surface area (Å²) in [6.45, 7) is 3.90. The molecule has 0 aliphatic rings. The highest BCUT2D eigenvalue weighted by atomic mass is 16.5. The lowest BCUT2D eigenvalue weighted by Gasteiger charge is -2.09. The molecule has 0 saturated heterocycles. The van der Waals surface area contributed by atoms with Crippen LogP contribution in [0.1, 0.15) is 23.7 Å². The van der Waals surface area contributed by atoms with Gasteiger partial charge in [-0.1, -0.05) is 24.3 Å². The van der Waals surface area contributed by atoms with E-state index in [0.29, 0.717) is 31.0 Å². The topological polar surface area (TPSA) is 64.3 Å². The van der Waals surface area contributed by atoms with E-state index < -0.39 is 0 Å². The van der Waals surface area contributed by atoms with Gasteiger partial charge < -0.3 is 15.8 Å². The maximum Gasteiger partial charge on any atom is 0.253 e. The second-order valence-corrected chi connectivity index (χ2v) is 4.59. The van der Waals surface area contributed by atoms with Crippen LogP contribution in [-0.4, -0.2) is 25.7 Å². The first-order valence-corrected chi connectivity index (χ1v) is 6.86. The third kappa shape index (κ3) is 3.48. The van der Waals surface area contributed by atoms with Gasteiger partial charge in [0.05, 0.1) is 5.56 Å². The second-order valence-electron chi connectivity index (χ2n) is 4.59. The van der Waals surface area contributed by atoms with Crippen molar-refractivity contribution in [2.24, 2.45) is 0 Å². The number of carbonyl (C=O) groups excluding carboxylic acids is 1. The Hall–Kier alpha value is -2.07. The van der Waals surface area contributed by atoms with E-state index >= 15 is 0 Å². The standard InChI is InChI=1S/C16H20N2O2/c1-2-20-9-5-8-18-16(19)14-10-12-6-3-4-7-13(12)11-15(14)17/h3-4,6-7,10-11H,2,5,8-9,17H2,1H3,(H,18,19). The van der Waals surface area contributed by atoms with Crippen molar-refractivity contribution in [3.05, 3.63) is 42.0 Å². The van der Waals surface area contributed by atoms with E-state index in [4.69, 9.17) is 10.5 Å². The molecule has 0 saturated carbocycles. The number of nitrogens with two attached hydrogens (primary N) is 1. The van der Waals surface area contributed by atoms with E-state index in [1.807, 2.05) is 43.3 Å². The largest absolute Gasteiger partial charge is 0.398 e. The van der Waals surface area contributed by atoms with Gasteiger partial charge in [-0.3, -0.25) is 4.79 Å². The number of nitrogen functional groups attached to an aromatic ring is 1. The molecule has 0 atom stereocenters. The molecule has 2 rings (SSSR count). The first kappa shape index (κ1) is 14.3. The normalized spacial score (nSPS) is 10.7. The maximum absolute atomic E-state index is 12.1. The molecule has 0 aromatic heterocycles. The van der Waals surface area contributed by atoms with Crippen molar-refractivity contribution < 1.29 is 9.53 Å². The van der Waals surface area contributed by atoms with Gasteiger partial charge in [0.25, 0.3) is 5.91 Å². The number of amides is 1. The molecule has 1 amide bonds. The van der Waals surface area contributed by atoms with Crippen molar-refractivity contribution in [3.63, 3.8) is 0 Å². The zero-order chi connectivity index (χ0) is 14.4. The van der Waals surface area contributed by atoms with Crippen molar-refractivity contribution in [2.75, 3.05) is 25.5 Å². The van der Waals surface area contributed by atoms with Crippen LogP contribution in [0.4, 0.5) is 5.69 Å². The van der Waals surface area contributed by atoms with Gasteiger partial charge in [0.2, 0.25) is 0 Å². The summed E-state index contributed by atoms with van der Waals surface area (Å²) in [5.74, 6) is -0.134. The molecule has 0 heterocycles. The van der Waals surface area contributed by atoms with Crippen molar-refractivity contribution in [3.8, 4) is 0 Å². The molecule has 0 bridgehead atoms. The minimum atomic E-state index is -0.134. The van der Waals surface area contributed by atoms with E-state index in [-0.39, 0.29) is 5.91 Å². The number of carbonyl (C=O) groups is 1. The van der Waals surface area contributed by atoms with Crippen LogP contribution in [0.15, 0.2) is 36.4 Å². The Balaban J connectivity index is 2.04. The summed E-state index contributed by atoms with van der Waals surface area (Å²) in [6, 6.07) is 11.5. The first-order valence-electron chi connectivity index (χ1n) is 6.86. The van der Waals surface area contributed by atoms with E-state index in [2.05, 4.69) is 5.32 Å². The Morgan fingerprint density at radius 1 is 1.25 bits per heavy atom. The molecule has 0 aliphatic carbocycles. The highest BCUT2D eigenvalue weighted by Crippen LogP contribution is 2.21. The summed E-state index contributed by atoms with van der Waals surface area (Å²) >= 11 is 0. The Bertz CT molecular complexity index is 596. The van der Waals surface area contributed by atoms with E-state index in [9.17, 15) is 4.79 Å². The van der Waals surface area contributed by atoms with Crippen LogP contribution in [0, 0.1) is 0 Å². The fraction of sp³-hybridized carbons (Fsp3) is 0.312. The van der Waals surface area contributed by atoms with Crippen molar-refractivity contribution in [1.82, 2.24) is 5.32 Å².